The molecule has 0 aromatic rings. The average Bonchev–Trinajstić information content (AvgIpc) is 2.95. The number of hydrogen-bond donors (Lipinski definition) is 1. The highest BCUT2D eigenvalue weighted by molar-refractivity contribution is 5.85. The molecular weight excluding hydrogens is 246 g/mol. The van der Waals surface area contributed by atoms with Gasteiger partial charge in [-0.2, -0.15) is 0 Å². The predicted molar refractivity (Wildman–Crippen MR) is 100 cm³/mol. The van der Waals surface area contributed by atoms with Crippen LogP contribution in [0.2, 0.25) is 0 Å². The van der Waals surface area contributed by atoms with Crippen LogP contribution in [0.4, 0.5) is 0 Å². The summed E-state index contributed by atoms with van der Waals surface area (Å²) in [5.74, 6) is 0.682. The Balaban J connectivity index is -0.0000000528. The zero-order valence-corrected chi connectivity index (χ0v) is 14.7. The third-order valence-electron chi connectivity index (χ3n) is 1.40. The van der Waals surface area contributed by atoms with Gasteiger partial charge in [0.2, 0.25) is 0 Å². The second kappa shape index (κ2) is 36.1. The zero-order valence-electron chi connectivity index (χ0n) is 14.7. The van der Waals surface area contributed by atoms with Gasteiger partial charge in [0, 0.05) is 24.9 Å². The van der Waals surface area contributed by atoms with Crippen LogP contribution >= 0.6 is 0 Å². The molecule has 0 radical (unpaired) electrons. The van der Waals surface area contributed by atoms with Crippen LogP contribution in [0.25, 0.3) is 0 Å². The van der Waals surface area contributed by atoms with Gasteiger partial charge in [-0.25, -0.2) is 0 Å². The molecule has 0 aliphatic carbocycles. The molecule has 3 nitrogen and oxygen atoms in total. The van der Waals surface area contributed by atoms with Crippen molar-refractivity contribution in [3.05, 3.63) is 12.3 Å². The van der Waals surface area contributed by atoms with Gasteiger partial charge >= 0.3 is 0 Å². The number of rotatable bonds is 2. The van der Waals surface area contributed by atoms with Gasteiger partial charge < -0.3 is 5.73 Å². The molecule has 0 atom stereocenters. The minimum absolute atomic E-state index is 0. The SMILES string of the molecule is C.CC.CC.CC.CC1=NC=CC1.CCCN=C(C)N. The molecule has 0 aromatic carbocycles. The molecule has 1 aliphatic heterocycles. The van der Waals surface area contributed by atoms with Gasteiger partial charge in [0.15, 0.2) is 0 Å². The molecule has 2 N–H and O–H groups in total. The smallest absolute Gasteiger partial charge is 0.0905 e. The van der Waals surface area contributed by atoms with Gasteiger partial charge in [-0.15, -0.1) is 0 Å². The lowest BCUT2D eigenvalue weighted by Crippen LogP contribution is -2.05. The quantitative estimate of drug-likeness (QED) is 0.502. The lowest BCUT2D eigenvalue weighted by molar-refractivity contribution is 0.929. The first kappa shape index (κ1) is 31.3. The molecular formula is C17H41N3. The summed E-state index contributed by atoms with van der Waals surface area (Å²) in [6.45, 7) is 18.8. The molecule has 0 spiro atoms. The van der Waals surface area contributed by atoms with Gasteiger partial charge in [-0.3, -0.25) is 9.98 Å². The van der Waals surface area contributed by atoms with Gasteiger partial charge in [-0.1, -0.05) is 62.0 Å². The number of amidine groups is 1. The Morgan fingerprint density at radius 2 is 1.65 bits per heavy atom. The number of hydrogen-bond acceptors (Lipinski definition) is 2. The van der Waals surface area contributed by atoms with E-state index in [0.717, 1.165) is 19.4 Å². The van der Waals surface area contributed by atoms with Crippen molar-refractivity contribution in [2.75, 3.05) is 6.54 Å². The van der Waals surface area contributed by atoms with E-state index in [4.69, 9.17) is 5.73 Å². The highest BCUT2D eigenvalue weighted by Gasteiger charge is 1.88. The van der Waals surface area contributed by atoms with Crippen LogP contribution < -0.4 is 5.73 Å². The van der Waals surface area contributed by atoms with Crippen molar-refractivity contribution in [3.8, 4) is 0 Å². The fraction of sp³-hybridized carbons (Fsp3) is 0.765. The van der Waals surface area contributed by atoms with Crippen molar-refractivity contribution < 1.29 is 0 Å². The summed E-state index contributed by atoms with van der Waals surface area (Å²) < 4.78 is 0. The molecule has 0 saturated heterocycles. The first-order valence-corrected chi connectivity index (χ1v) is 7.61. The maximum absolute atomic E-state index is 5.23. The summed E-state index contributed by atoms with van der Waals surface area (Å²) in [4.78, 5) is 7.91. The monoisotopic (exact) mass is 287 g/mol. The van der Waals surface area contributed by atoms with Gasteiger partial charge in [0.05, 0.1) is 5.84 Å². The van der Waals surface area contributed by atoms with Crippen molar-refractivity contribution in [1.29, 1.82) is 0 Å². The second-order valence-corrected chi connectivity index (χ2v) is 2.98. The highest BCUT2D eigenvalue weighted by atomic mass is 14.8. The molecule has 0 fully saturated rings. The summed E-state index contributed by atoms with van der Waals surface area (Å²) >= 11 is 0. The lowest BCUT2D eigenvalue weighted by Gasteiger charge is -1.86. The Kier molecular flexibility index (Phi) is 56.5. The van der Waals surface area contributed by atoms with Crippen molar-refractivity contribution >= 4 is 11.5 Å². The molecule has 3 heteroatoms. The normalized spacial score (nSPS) is 10.7. The summed E-state index contributed by atoms with van der Waals surface area (Å²) in [5.41, 5.74) is 6.45. The Morgan fingerprint density at radius 1 is 1.20 bits per heavy atom. The number of nitrogens with zero attached hydrogens (tertiary/aromatic N) is 2. The summed E-state index contributed by atoms with van der Waals surface area (Å²) in [6, 6.07) is 0. The van der Waals surface area contributed by atoms with Crippen LogP contribution in [0.5, 0.6) is 0 Å². The van der Waals surface area contributed by atoms with Crippen LogP contribution in [-0.2, 0) is 0 Å². The Bertz CT molecular complexity index is 212. The van der Waals surface area contributed by atoms with E-state index in [9.17, 15) is 0 Å². The van der Waals surface area contributed by atoms with Gasteiger partial charge in [0.1, 0.15) is 0 Å². The fourth-order valence-corrected chi connectivity index (χ4v) is 0.744. The average molecular weight is 288 g/mol. The van der Waals surface area contributed by atoms with Crippen molar-refractivity contribution in [1.82, 2.24) is 0 Å². The topological polar surface area (TPSA) is 50.7 Å². The second-order valence-electron chi connectivity index (χ2n) is 2.98. The fourth-order valence-electron chi connectivity index (χ4n) is 0.744. The summed E-state index contributed by atoms with van der Waals surface area (Å²) in [6.07, 6.45) is 6.03. The third-order valence-corrected chi connectivity index (χ3v) is 1.40. The largest absolute Gasteiger partial charge is 0.388 e. The van der Waals surface area contributed by atoms with E-state index in [1.54, 1.807) is 6.92 Å². The third kappa shape index (κ3) is 43.6. The molecule has 0 saturated carbocycles. The van der Waals surface area contributed by atoms with Gasteiger partial charge in [0.25, 0.3) is 0 Å². The van der Waals surface area contributed by atoms with Crippen LogP contribution in [0.15, 0.2) is 22.3 Å². The van der Waals surface area contributed by atoms with E-state index in [2.05, 4.69) is 23.0 Å². The molecule has 1 heterocycles. The highest BCUT2D eigenvalue weighted by Crippen LogP contribution is 1.96. The van der Waals surface area contributed by atoms with E-state index in [1.807, 2.05) is 54.7 Å². The minimum atomic E-state index is 0. The van der Waals surface area contributed by atoms with E-state index >= 15 is 0 Å². The first-order valence-electron chi connectivity index (χ1n) is 7.61. The van der Waals surface area contributed by atoms with E-state index in [-0.39, 0.29) is 7.43 Å². The van der Waals surface area contributed by atoms with Crippen LogP contribution in [0, 0.1) is 0 Å². The lowest BCUT2D eigenvalue weighted by atomic mass is 10.3. The summed E-state index contributed by atoms with van der Waals surface area (Å²) in [7, 11) is 0. The van der Waals surface area contributed by atoms with Crippen LogP contribution in [0.1, 0.15) is 82.6 Å². The van der Waals surface area contributed by atoms with Gasteiger partial charge in [-0.05, 0) is 20.3 Å². The maximum Gasteiger partial charge on any atom is 0.0905 e. The van der Waals surface area contributed by atoms with E-state index in [1.165, 1.54) is 5.71 Å². The standard InChI is InChI=1S/C5H12N2.C5H7N.3C2H6.CH4/c1-3-4-7-5(2)6;1-5-3-2-4-6-5;3*1-2;/h3-4H2,1-2H3,(H2,6,7);2,4H,3H2,1H3;3*1-2H3;1H4. The van der Waals surface area contributed by atoms with Crippen molar-refractivity contribution in [2.45, 2.75) is 82.6 Å². The molecule has 1 aliphatic rings. The first-order chi connectivity index (χ1) is 9.16. The molecule has 20 heavy (non-hydrogen) atoms. The van der Waals surface area contributed by atoms with E-state index < -0.39 is 0 Å². The Hall–Kier alpha value is -1.12. The summed E-state index contributed by atoms with van der Waals surface area (Å²) in [5, 5.41) is 0. The predicted octanol–water partition coefficient (Wildman–Crippen LogP) is 5.85. The Morgan fingerprint density at radius 3 is 1.75 bits per heavy atom. The molecule has 0 aromatic heterocycles. The molecule has 1 rings (SSSR count). The van der Waals surface area contributed by atoms with Crippen molar-refractivity contribution in [3.63, 3.8) is 0 Å². The van der Waals surface area contributed by atoms with Crippen molar-refractivity contribution in [2.24, 2.45) is 15.7 Å². The number of allylic oxidation sites excluding steroid dienone is 1. The molecule has 0 unspecified atom stereocenters. The molecule has 0 amide bonds. The molecule has 124 valence electrons. The minimum Gasteiger partial charge on any atom is -0.388 e. The molecule has 0 bridgehead atoms. The van der Waals surface area contributed by atoms with E-state index in [0.29, 0.717) is 5.84 Å². The zero-order chi connectivity index (χ0) is 16.1. The van der Waals surface area contributed by atoms with Crippen LogP contribution in [0.3, 0.4) is 0 Å². The number of nitrogens with two attached hydrogens (primary N) is 1. The van der Waals surface area contributed by atoms with Crippen LogP contribution in [-0.4, -0.2) is 18.1 Å². The maximum atomic E-state index is 5.23. The Labute approximate surface area is 129 Å². The number of aliphatic imine (C=N–C) groups is 2.